The third-order valence-corrected chi connectivity index (χ3v) is 6.53. The Kier molecular flexibility index (Phi) is 8.12. The van der Waals surface area contributed by atoms with Gasteiger partial charge in [0, 0.05) is 12.6 Å². The molecule has 0 aliphatic carbocycles. The first kappa shape index (κ1) is 24.0. The van der Waals surface area contributed by atoms with E-state index in [0.29, 0.717) is 28.2 Å². The molecule has 32 heavy (non-hydrogen) atoms. The number of hydrogen-bond donors (Lipinski definition) is 0. The van der Waals surface area contributed by atoms with Crippen LogP contribution in [0.1, 0.15) is 17.5 Å². The number of nitrogens with zero attached hydrogens (tertiary/aromatic N) is 3. The minimum atomic E-state index is -0.133. The second kappa shape index (κ2) is 10.8. The normalized spacial score (nSPS) is 11.5. The summed E-state index contributed by atoms with van der Waals surface area (Å²) < 4.78 is 11.5. The molecule has 1 aromatic heterocycles. The van der Waals surface area contributed by atoms with Gasteiger partial charge >= 0.3 is 0 Å². The fraction of sp³-hybridized carbons (Fsp3) is 0.333. The van der Waals surface area contributed by atoms with E-state index in [2.05, 4.69) is 4.90 Å². The third-order valence-electron chi connectivity index (χ3n) is 5.00. The Morgan fingerprint density at radius 1 is 1.12 bits per heavy atom. The van der Waals surface area contributed by atoms with Crippen LogP contribution in [-0.2, 0) is 4.79 Å². The molecule has 0 saturated heterocycles. The lowest BCUT2D eigenvalue weighted by molar-refractivity contribution is -0.114. The fourth-order valence-electron chi connectivity index (χ4n) is 3.27. The van der Waals surface area contributed by atoms with Crippen LogP contribution < -0.4 is 14.4 Å². The second-order valence-corrected chi connectivity index (χ2v) is 9.02. The molecule has 0 aliphatic rings. The van der Waals surface area contributed by atoms with E-state index in [1.807, 2.05) is 51.4 Å². The number of amides is 1. The third kappa shape index (κ3) is 5.59. The summed E-state index contributed by atoms with van der Waals surface area (Å²) in [6, 6.07) is 9.35. The topological polar surface area (TPSA) is 54.9 Å². The van der Waals surface area contributed by atoms with Crippen molar-refractivity contribution in [2.45, 2.75) is 13.3 Å². The molecule has 1 amide bonds. The Morgan fingerprint density at radius 3 is 2.53 bits per heavy atom. The van der Waals surface area contributed by atoms with E-state index < -0.39 is 0 Å². The molecule has 3 aromatic rings. The fourth-order valence-corrected chi connectivity index (χ4v) is 4.61. The molecule has 0 N–H and O–H groups in total. The number of anilines is 1. The van der Waals surface area contributed by atoms with E-state index in [9.17, 15) is 4.79 Å². The molecule has 0 fully saturated rings. The number of benzene rings is 2. The van der Waals surface area contributed by atoms with Crippen molar-refractivity contribution < 1.29 is 14.3 Å². The molecule has 8 heteroatoms. The van der Waals surface area contributed by atoms with Crippen molar-refractivity contribution in [2.24, 2.45) is 0 Å². The molecular formula is C24H28ClN3O3S. The Hall–Kier alpha value is -2.61. The zero-order valence-electron chi connectivity index (χ0n) is 19.0. The zero-order chi connectivity index (χ0) is 23.3. The van der Waals surface area contributed by atoms with Gasteiger partial charge in [-0.15, -0.1) is 0 Å². The van der Waals surface area contributed by atoms with Crippen molar-refractivity contribution >= 4 is 50.3 Å². The number of aryl methyl sites for hydroxylation is 1. The van der Waals surface area contributed by atoms with Gasteiger partial charge in [-0.05, 0) is 69.4 Å². The summed E-state index contributed by atoms with van der Waals surface area (Å²) in [4.78, 5) is 21.8. The highest BCUT2D eigenvalue weighted by molar-refractivity contribution is 7.23. The Bertz CT molecular complexity index is 1090. The van der Waals surface area contributed by atoms with Crippen LogP contribution >= 0.6 is 22.9 Å². The summed E-state index contributed by atoms with van der Waals surface area (Å²) >= 11 is 7.84. The molecule has 0 spiro atoms. The van der Waals surface area contributed by atoms with Gasteiger partial charge < -0.3 is 14.4 Å². The number of aromatic nitrogens is 1. The lowest BCUT2D eigenvalue weighted by Crippen LogP contribution is -2.32. The minimum absolute atomic E-state index is 0.133. The van der Waals surface area contributed by atoms with Crippen molar-refractivity contribution in [2.75, 3.05) is 46.3 Å². The van der Waals surface area contributed by atoms with Crippen LogP contribution in [0.3, 0.4) is 0 Å². The lowest BCUT2D eigenvalue weighted by atomic mass is 10.2. The highest BCUT2D eigenvalue weighted by Crippen LogP contribution is 2.36. The van der Waals surface area contributed by atoms with Gasteiger partial charge in [-0.3, -0.25) is 9.69 Å². The summed E-state index contributed by atoms with van der Waals surface area (Å²) in [5, 5.41) is 1.30. The number of thiazole rings is 1. The number of carbonyl (C=O) groups excluding carboxylic acids is 1. The van der Waals surface area contributed by atoms with Gasteiger partial charge in [-0.2, -0.15) is 0 Å². The molecule has 170 valence electrons. The number of fused-ring (bicyclic) bond motifs is 1. The highest BCUT2D eigenvalue weighted by atomic mass is 35.5. The smallest absolute Gasteiger partial charge is 0.252 e. The average Bonchev–Trinajstić information content (AvgIpc) is 3.23. The number of hydrogen-bond acceptors (Lipinski definition) is 6. The summed E-state index contributed by atoms with van der Waals surface area (Å²) in [5.74, 6) is 1.12. The average molecular weight is 474 g/mol. The van der Waals surface area contributed by atoms with Gasteiger partial charge in [0.2, 0.25) is 0 Å². The van der Waals surface area contributed by atoms with Gasteiger partial charge in [-0.1, -0.05) is 35.1 Å². The van der Waals surface area contributed by atoms with Gasteiger partial charge in [-0.25, -0.2) is 4.98 Å². The number of methoxy groups -OCH3 is 2. The van der Waals surface area contributed by atoms with E-state index in [4.69, 9.17) is 26.1 Å². The molecule has 0 aliphatic heterocycles. The van der Waals surface area contributed by atoms with Gasteiger partial charge in [0.25, 0.3) is 5.91 Å². The zero-order valence-corrected chi connectivity index (χ0v) is 20.6. The molecule has 0 atom stereocenters. The van der Waals surface area contributed by atoms with E-state index in [0.717, 1.165) is 34.3 Å². The number of halogens is 1. The maximum absolute atomic E-state index is 13.2. The van der Waals surface area contributed by atoms with Crippen molar-refractivity contribution in [3.8, 4) is 11.5 Å². The van der Waals surface area contributed by atoms with Gasteiger partial charge in [0.05, 0.1) is 29.5 Å². The van der Waals surface area contributed by atoms with Crippen LogP contribution in [0.4, 0.5) is 5.13 Å². The van der Waals surface area contributed by atoms with Crippen LogP contribution in [-0.4, -0.2) is 57.2 Å². The maximum atomic E-state index is 13.2. The maximum Gasteiger partial charge on any atom is 0.252 e. The monoisotopic (exact) mass is 473 g/mol. The van der Waals surface area contributed by atoms with Crippen LogP contribution in [0.15, 0.2) is 36.4 Å². The van der Waals surface area contributed by atoms with Crippen molar-refractivity contribution in [3.63, 3.8) is 0 Å². The first-order valence-electron chi connectivity index (χ1n) is 10.3. The summed E-state index contributed by atoms with van der Waals surface area (Å²) in [6.45, 7) is 3.43. The van der Waals surface area contributed by atoms with Crippen LogP contribution in [0, 0.1) is 6.92 Å². The Morgan fingerprint density at radius 2 is 1.88 bits per heavy atom. The molecule has 0 saturated carbocycles. The summed E-state index contributed by atoms with van der Waals surface area (Å²) in [7, 11) is 7.21. The van der Waals surface area contributed by atoms with E-state index in [-0.39, 0.29) is 5.91 Å². The number of ether oxygens (including phenoxy) is 2. The van der Waals surface area contributed by atoms with Crippen molar-refractivity contribution in [3.05, 3.63) is 52.6 Å². The molecule has 6 nitrogen and oxygen atoms in total. The quantitative estimate of drug-likeness (QED) is 0.396. The SMILES string of the molecule is COc1ccc(/C=C/C(=O)N(CCCN(C)C)c2nc3c(C)ccc(Cl)c3s2)cc1OC. The summed E-state index contributed by atoms with van der Waals surface area (Å²) in [6.07, 6.45) is 4.16. The Balaban J connectivity index is 1.90. The predicted molar refractivity (Wildman–Crippen MR) is 133 cm³/mol. The van der Waals surface area contributed by atoms with Crippen molar-refractivity contribution in [1.29, 1.82) is 0 Å². The molecule has 0 radical (unpaired) electrons. The van der Waals surface area contributed by atoms with Crippen LogP contribution in [0.5, 0.6) is 11.5 Å². The van der Waals surface area contributed by atoms with E-state index in [1.54, 1.807) is 31.3 Å². The highest BCUT2D eigenvalue weighted by Gasteiger charge is 2.19. The predicted octanol–water partition coefficient (Wildman–Crippen LogP) is 5.27. The molecule has 0 unspecified atom stereocenters. The molecule has 1 heterocycles. The summed E-state index contributed by atoms with van der Waals surface area (Å²) in [5.41, 5.74) is 2.72. The minimum Gasteiger partial charge on any atom is -0.493 e. The first-order chi connectivity index (χ1) is 15.3. The number of carbonyl (C=O) groups is 1. The Labute approximate surface area is 198 Å². The molecular weight excluding hydrogens is 446 g/mol. The lowest BCUT2D eigenvalue weighted by Gasteiger charge is -2.19. The number of rotatable bonds is 9. The van der Waals surface area contributed by atoms with E-state index in [1.165, 1.54) is 11.3 Å². The standard InChI is InChI=1S/C24H28ClN3O3S/c1-16-7-10-18(25)23-22(16)26-24(32-23)28(14-6-13-27(2)3)21(29)12-9-17-8-11-19(30-4)20(15-17)31-5/h7-12,15H,6,13-14H2,1-5H3/b12-9+. The van der Waals surface area contributed by atoms with Crippen molar-refractivity contribution in [1.82, 2.24) is 9.88 Å². The molecule has 3 rings (SSSR count). The van der Waals surface area contributed by atoms with Crippen LogP contribution in [0.25, 0.3) is 16.3 Å². The second-order valence-electron chi connectivity index (χ2n) is 7.63. The van der Waals surface area contributed by atoms with Gasteiger partial charge in [0.1, 0.15) is 0 Å². The van der Waals surface area contributed by atoms with E-state index >= 15 is 0 Å². The molecule has 2 aromatic carbocycles. The molecule has 0 bridgehead atoms. The van der Waals surface area contributed by atoms with Crippen LogP contribution in [0.2, 0.25) is 5.02 Å². The largest absolute Gasteiger partial charge is 0.493 e. The first-order valence-corrected chi connectivity index (χ1v) is 11.5. The van der Waals surface area contributed by atoms with Gasteiger partial charge in [0.15, 0.2) is 16.6 Å².